The molecule has 4 saturated carbocycles. The second-order valence-corrected chi connectivity index (χ2v) is 8.46. The van der Waals surface area contributed by atoms with Crippen molar-refractivity contribution in [2.75, 3.05) is 11.5 Å². The molecular weight excluding hydrogens is 238 g/mol. The van der Waals surface area contributed by atoms with Crippen LogP contribution in [0.25, 0.3) is 0 Å². The van der Waals surface area contributed by atoms with E-state index in [4.69, 9.17) is 5.73 Å². The summed E-state index contributed by atoms with van der Waals surface area (Å²) in [5, 5.41) is 0. The highest BCUT2D eigenvalue weighted by atomic mass is 32.2. The van der Waals surface area contributed by atoms with Crippen LogP contribution in [0.3, 0.4) is 0 Å². The van der Waals surface area contributed by atoms with Gasteiger partial charge in [0, 0.05) is 11.8 Å². The third-order valence-corrected chi connectivity index (χ3v) is 6.98. The number of unbranched alkanes of at least 4 members (excludes halogenated alkanes) is 1. The van der Waals surface area contributed by atoms with Crippen LogP contribution in [0.1, 0.15) is 58.3 Å². The Bertz CT molecular complexity index is 254. The lowest BCUT2D eigenvalue weighted by Crippen LogP contribution is -2.55. The molecule has 0 aromatic rings. The van der Waals surface area contributed by atoms with Crippen molar-refractivity contribution in [2.24, 2.45) is 28.9 Å². The minimum Gasteiger partial charge on any atom is -0.326 e. The Morgan fingerprint density at radius 2 is 1.67 bits per heavy atom. The summed E-state index contributed by atoms with van der Waals surface area (Å²) in [4.78, 5) is 0. The van der Waals surface area contributed by atoms with Crippen molar-refractivity contribution in [3.63, 3.8) is 0 Å². The summed E-state index contributed by atoms with van der Waals surface area (Å²) in [6, 6.07) is 0.479. The maximum absolute atomic E-state index is 6.63. The van der Waals surface area contributed by atoms with E-state index in [1.807, 2.05) is 0 Å². The van der Waals surface area contributed by atoms with Gasteiger partial charge in [-0.15, -0.1) is 0 Å². The number of thioether (sulfide) groups is 1. The summed E-state index contributed by atoms with van der Waals surface area (Å²) in [5.74, 6) is 5.66. The highest BCUT2D eigenvalue weighted by molar-refractivity contribution is 7.99. The Kier molecular flexibility index (Phi) is 3.96. The molecule has 1 nitrogen and oxygen atoms in total. The molecule has 0 radical (unpaired) electrons. The predicted molar refractivity (Wildman–Crippen MR) is 80.8 cm³/mol. The van der Waals surface area contributed by atoms with Gasteiger partial charge in [-0.1, -0.05) is 13.3 Å². The van der Waals surface area contributed by atoms with Crippen molar-refractivity contribution in [1.82, 2.24) is 0 Å². The molecule has 1 atom stereocenters. The molecule has 4 fully saturated rings. The predicted octanol–water partition coefficient (Wildman–Crippen LogP) is 4.06. The highest BCUT2D eigenvalue weighted by Crippen LogP contribution is 2.61. The van der Waals surface area contributed by atoms with Crippen LogP contribution in [-0.2, 0) is 0 Å². The third kappa shape index (κ3) is 2.47. The van der Waals surface area contributed by atoms with Crippen molar-refractivity contribution in [2.45, 2.75) is 64.3 Å². The lowest BCUT2D eigenvalue weighted by molar-refractivity contribution is -0.0629. The summed E-state index contributed by atoms with van der Waals surface area (Å²) < 4.78 is 0. The molecule has 0 spiro atoms. The van der Waals surface area contributed by atoms with Crippen LogP contribution < -0.4 is 5.73 Å². The Labute approximate surface area is 117 Å². The van der Waals surface area contributed by atoms with Crippen LogP contribution in [0.2, 0.25) is 0 Å². The van der Waals surface area contributed by atoms with E-state index in [9.17, 15) is 0 Å². The first kappa shape index (κ1) is 13.3. The fourth-order valence-corrected chi connectivity index (χ4v) is 6.53. The molecule has 0 heterocycles. The van der Waals surface area contributed by atoms with Crippen molar-refractivity contribution in [3.05, 3.63) is 0 Å². The maximum Gasteiger partial charge on any atom is 0.0187 e. The molecule has 0 aromatic carbocycles. The molecule has 4 bridgehead atoms. The van der Waals surface area contributed by atoms with E-state index in [1.54, 1.807) is 0 Å². The quantitative estimate of drug-likeness (QED) is 0.734. The van der Waals surface area contributed by atoms with Crippen LogP contribution in [0.15, 0.2) is 0 Å². The fourth-order valence-electron chi connectivity index (χ4n) is 5.27. The highest BCUT2D eigenvalue weighted by Gasteiger charge is 2.53. The van der Waals surface area contributed by atoms with Crippen LogP contribution in [0.5, 0.6) is 0 Å². The van der Waals surface area contributed by atoms with E-state index < -0.39 is 0 Å². The van der Waals surface area contributed by atoms with Gasteiger partial charge < -0.3 is 5.73 Å². The lowest BCUT2D eigenvalue weighted by atomic mass is 9.48. The largest absolute Gasteiger partial charge is 0.326 e. The van der Waals surface area contributed by atoms with Crippen LogP contribution in [0, 0.1) is 23.2 Å². The Morgan fingerprint density at radius 1 is 1.11 bits per heavy atom. The molecule has 1 unspecified atom stereocenters. The van der Waals surface area contributed by atoms with Crippen molar-refractivity contribution in [1.29, 1.82) is 0 Å². The van der Waals surface area contributed by atoms with Gasteiger partial charge in [-0.25, -0.2) is 0 Å². The van der Waals surface area contributed by atoms with Gasteiger partial charge in [0.15, 0.2) is 0 Å². The molecule has 18 heavy (non-hydrogen) atoms. The molecule has 4 aliphatic rings. The zero-order valence-electron chi connectivity index (χ0n) is 11.9. The van der Waals surface area contributed by atoms with E-state index in [2.05, 4.69) is 18.7 Å². The number of hydrogen-bond donors (Lipinski definition) is 1. The zero-order valence-corrected chi connectivity index (χ0v) is 12.7. The van der Waals surface area contributed by atoms with Gasteiger partial charge in [-0.05, 0) is 73.9 Å². The Balaban J connectivity index is 1.57. The molecular formula is C16H29NS. The molecule has 4 rings (SSSR count). The molecule has 0 saturated heterocycles. The topological polar surface area (TPSA) is 26.0 Å². The van der Waals surface area contributed by atoms with Gasteiger partial charge in [-0.3, -0.25) is 0 Å². The number of hydrogen-bond acceptors (Lipinski definition) is 2. The van der Waals surface area contributed by atoms with Gasteiger partial charge in [0.25, 0.3) is 0 Å². The number of nitrogens with two attached hydrogens (primary N) is 1. The first-order valence-corrected chi connectivity index (χ1v) is 9.20. The smallest absolute Gasteiger partial charge is 0.0187 e. The average molecular weight is 267 g/mol. The minimum atomic E-state index is 0.479. The normalized spacial score (nSPS) is 43.3. The molecule has 2 N–H and O–H groups in total. The Morgan fingerprint density at radius 3 is 2.17 bits per heavy atom. The zero-order chi connectivity index (χ0) is 12.6. The molecule has 0 aromatic heterocycles. The summed E-state index contributed by atoms with van der Waals surface area (Å²) in [6.07, 6.45) is 11.7. The molecule has 0 amide bonds. The van der Waals surface area contributed by atoms with Crippen molar-refractivity contribution < 1.29 is 0 Å². The first-order chi connectivity index (χ1) is 8.72. The summed E-state index contributed by atoms with van der Waals surface area (Å²) in [5.41, 5.74) is 7.20. The number of rotatable bonds is 6. The van der Waals surface area contributed by atoms with E-state index >= 15 is 0 Å². The van der Waals surface area contributed by atoms with E-state index in [0.717, 1.165) is 17.8 Å². The molecule has 0 aliphatic heterocycles. The van der Waals surface area contributed by atoms with Gasteiger partial charge in [0.1, 0.15) is 0 Å². The average Bonchev–Trinajstić information content (AvgIpc) is 2.32. The van der Waals surface area contributed by atoms with E-state index in [0.29, 0.717) is 11.5 Å². The maximum atomic E-state index is 6.63. The first-order valence-electron chi connectivity index (χ1n) is 8.05. The molecule has 104 valence electrons. The van der Waals surface area contributed by atoms with Crippen LogP contribution in [-0.4, -0.2) is 17.5 Å². The van der Waals surface area contributed by atoms with Crippen molar-refractivity contribution >= 4 is 11.8 Å². The Hall–Kier alpha value is 0.310. The summed E-state index contributed by atoms with van der Waals surface area (Å²) in [6.45, 7) is 2.28. The van der Waals surface area contributed by atoms with E-state index in [-0.39, 0.29) is 0 Å². The summed E-state index contributed by atoms with van der Waals surface area (Å²) in [7, 11) is 0. The monoisotopic (exact) mass is 267 g/mol. The van der Waals surface area contributed by atoms with Crippen LogP contribution in [0.4, 0.5) is 0 Å². The SMILES string of the molecule is CCCCSCC(N)C12CC3CC(CC(C3)C1)C2. The fraction of sp³-hybridized carbons (Fsp3) is 1.00. The summed E-state index contributed by atoms with van der Waals surface area (Å²) >= 11 is 2.11. The lowest BCUT2D eigenvalue weighted by Gasteiger charge is -2.59. The third-order valence-electron chi connectivity index (χ3n) is 5.81. The second-order valence-electron chi connectivity index (χ2n) is 7.31. The second kappa shape index (κ2) is 5.36. The van der Waals surface area contributed by atoms with E-state index in [1.165, 1.54) is 62.9 Å². The van der Waals surface area contributed by atoms with Gasteiger partial charge in [-0.2, -0.15) is 11.8 Å². The van der Waals surface area contributed by atoms with Gasteiger partial charge in [0.2, 0.25) is 0 Å². The van der Waals surface area contributed by atoms with Crippen LogP contribution >= 0.6 is 11.8 Å². The molecule has 4 aliphatic carbocycles. The minimum absolute atomic E-state index is 0.479. The van der Waals surface area contributed by atoms with Gasteiger partial charge in [0.05, 0.1) is 0 Å². The van der Waals surface area contributed by atoms with Gasteiger partial charge >= 0.3 is 0 Å². The molecule has 2 heteroatoms. The van der Waals surface area contributed by atoms with Crippen molar-refractivity contribution in [3.8, 4) is 0 Å². The standard InChI is InChI=1S/C16H29NS/c1-2-3-4-18-11-15(17)16-8-12-5-13(9-16)7-14(6-12)10-16/h12-15H,2-11,17H2,1H3.